The maximum Gasteiger partial charge on any atom is 0.410 e. The second kappa shape index (κ2) is 9.71. The van der Waals surface area contributed by atoms with Crippen LogP contribution >= 0.6 is 0 Å². The summed E-state index contributed by atoms with van der Waals surface area (Å²) in [4.78, 5) is 20.4. The molecule has 1 heterocycles. The molecule has 0 spiro atoms. The van der Waals surface area contributed by atoms with Gasteiger partial charge in [-0.2, -0.15) is 0 Å². The summed E-state index contributed by atoms with van der Waals surface area (Å²) in [5.74, 6) is 1.47. The number of hydrogen-bond donors (Lipinski definition) is 1. The minimum absolute atomic E-state index is 0.316. The Morgan fingerprint density at radius 1 is 1.42 bits per heavy atom. The molecule has 140 valence electrons. The van der Waals surface area contributed by atoms with Gasteiger partial charge >= 0.3 is 6.09 Å². The van der Waals surface area contributed by atoms with Crippen LogP contribution in [0.1, 0.15) is 34.1 Å². The van der Waals surface area contributed by atoms with E-state index in [0.717, 1.165) is 38.6 Å². The van der Waals surface area contributed by atoms with Crippen molar-refractivity contribution >= 4 is 12.1 Å². The van der Waals surface area contributed by atoms with E-state index in [1.807, 2.05) is 20.8 Å². The van der Waals surface area contributed by atoms with Gasteiger partial charge in [0.05, 0.1) is 13.2 Å². The number of carbonyl (C=O) groups is 1. The predicted molar refractivity (Wildman–Crippen MR) is 96.4 cm³/mol. The number of amides is 1. The van der Waals surface area contributed by atoms with Crippen LogP contribution in [0.25, 0.3) is 0 Å². The van der Waals surface area contributed by atoms with E-state index in [4.69, 9.17) is 9.47 Å². The molecule has 0 aromatic carbocycles. The molecule has 1 N–H and O–H groups in total. The van der Waals surface area contributed by atoms with Crippen molar-refractivity contribution in [2.75, 3.05) is 53.5 Å². The molecule has 1 rings (SSSR count). The number of nitrogens with one attached hydrogen (secondary N) is 1. The number of carbonyl (C=O) groups excluding carboxylic acids is 1. The maximum atomic E-state index is 11.9. The van der Waals surface area contributed by atoms with E-state index in [1.54, 1.807) is 19.1 Å². The highest BCUT2D eigenvalue weighted by Crippen LogP contribution is 2.16. The van der Waals surface area contributed by atoms with Gasteiger partial charge in [0.1, 0.15) is 5.60 Å². The van der Waals surface area contributed by atoms with Gasteiger partial charge < -0.3 is 24.6 Å². The summed E-state index contributed by atoms with van der Waals surface area (Å²) in [6.07, 6.45) is 0.805. The van der Waals surface area contributed by atoms with Crippen LogP contribution in [0.2, 0.25) is 0 Å². The first-order valence-electron chi connectivity index (χ1n) is 8.73. The van der Waals surface area contributed by atoms with Crippen molar-refractivity contribution < 1.29 is 14.3 Å². The summed E-state index contributed by atoms with van der Waals surface area (Å²) in [5.41, 5.74) is -0.477. The number of aliphatic imine (C=N–C) groups is 1. The van der Waals surface area contributed by atoms with Gasteiger partial charge in [0, 0.05) is 46.3 Å². The third kappa shape index (κ3) is 7.38. The molecule has 1 atom stereocenters. The lowest BCUT2D eigenvalue weighted by Crippen LogP contribution is -2.41. The average molecular weight is 342 g/mol. The zero-order valence-electron chi connectivity index (χ0n) is 16.1. The Labute approximate surface area is 146 Å². The third-order valence-electron chi connectivity index (χ3n) is 3.72. The zero-order chi connectivity index (χ0) is 18.2. The Kier molecular flexibility index (Phi) is 8.31. The molecule has 0 aromatic heterocycles. The van der Waals surface area contributed by atoms with Crippen molar-refractivity contribution in [3.05, 3.63) is 0 Å². The van der Waals surface area contributed by atoms with Crippen molar-refractivity contribution in [1.82, 2.24) is 15.1 Å². The highest BCUT2D eigenvalue weighted by molar-refractivity contribution is 5.80. The number of ether oxygens (including phenoxy) is 2. The topological polar surface area (TPSA) is 66.4 Å². The first-order chi connectivity index (χ1) is 11.3. The van der Waals surface area contributed by atoms with E-state index in [2.05, 4.69) is 22.1 Å². The minimum atomic E-state index is -0.477. The fraction of sp³-hybridized carbons (Fsp3) is 0.882. The monoisotopic (exact) mass is 342 g/mol. The third-order valence-corrected chi connectivity index (χ3v) is 3.72. The molecule has 1 fully saturated rings. The second-order valence-electron chi connectivity index (χ2n) is 7.19. The Balaban J connectivity index is 2.50. The Morgan fingerprint density at radius 3 is 2.71 bits per heavy atom. The molecule has 7 nitrogen and oxygen atoms in total. The number of hydrogen-bond acceptors (Lipinski definition) is 4. The highest BCUT2D eigenvalue weighted by Gasteiger charge is 2.25. The van der Waals surface area contributed by atoms with Gasteiger partial charge in [-0.25, -0.2) is 4.79 Å². The van der Waals surface area contributed by atoms with E-state index in [0.29, 0.717) is 19.0 Å². The van der Waals surface area contributed by atoms with Crippen molar-refractivity contribution in [2.24, 2.45) is 10.9 Å². The number of guanidine groups is 1. The molecule has 1 unspecified atom stereocenters. The zero-order valence-corrected chi connectivity index (χ0v) is 16.1. The van der Waals surface area contributed by atoms with Crippen LogP contribution < -0.4 is 5.32 Å². The Bertz CT molecular complexity index is 421. The van der Waals surface area contributed by atoms with Crippen molar-refractivity contribution in [3.63, 3.8) is 0 Å². The van der Waals surface area contributed by atoms with Crippen LogP contribution in [0.3, 0.4) is 0 Å². The van der Waals surface area contributed by atoms with E-state index >= 15 is 0 Å². The summed E-state index contributed by atoms with van der Waals surface area (Å²) in [5, 5.41) is 3.33. The van der Waals surface area contributed by atoms with E-state index in [-0.39, 0.29) is 6.09 Å². The number of rotatable bonds is 6. The molecule has 1 saturated heterocycles. The largest absolute Gasteiger partial charge is 0.444 e. The van der Waals surface area contributed by atoms with E-state index in [1.165, 1.54) is 0 Å². The summed E-state index contributed by atoms with van der Waals surface area (Å²) in [6.45, 7) is 12.3. The fourth-order valence-electron chi connectivity index (χ4n) is 2.56. The first-order valence-corrected chi connectivity index (χ1v) is 8.73. The number of methoxy groups -OCH3 is 1. The lowest BCUT2D eigenvalue weighted by molar-refractivity contribution is 0.0304. The summed E-state index contributed by atoms with van der Waals surface area (Å²) >= 11 is 0. The van der Waals surface area contributed by atoms with E-state index in [9.17, 15) is 4.79 Å². The average Bonchev–Trinajstić information content (AvgIpc) is 2.93. The molecule has 24 heavy (non-hydrogen) atoms. The van der Waals surface area contributed by atoms with Crippen LogP contribution in [0.5, 0.6) is 0 Å². The van der Waals surface area contributed by atoms with Crippen LogP contribution in [-0.4, -0.2) is 80.9 Å². The number of nitrogens with zero attached hydrogens (tertiary/aromatic N) is 3. The molecule has 1 aliphatic rings. The summed E-state index contributed by atoms with van der Waals surface area (Å²) in [6, 6.07) is 0. The van der Waals surface area contributed by atoms with Crippen molar-refractivity contribution in [2.45, 2.75) is 39.7 Å². The van der Waals surface area contributed by atoms with Crippen LogP contribution in [0.15, 0.2) is 4.99 Å². The SMILES string of the molecule is CCNC(=NCCN(C)C(=O)OC(C)(C)C)N1CCC(COC)C1. The molecule has 0 bridgehead atoms. The molecule has 0 radical (unpaired) electrons. The standard InChI is InChI=1S/C17H34N4O3/c1-7-18-15(21-10-8-14(12-21)13-23-6)19-9-11-20(5)16(22)24-17(2,3)4/h14H,7-13H2,1-6H3,(H,18,19). The molecule has 1 aliphatic heterocycles. The Morgan fingerprint density at radius 2 is 2.12 bits per heavy atom. The normalized spacial score (nSPS) is 18.7. The van der Waals surface area contributed by atoms with Gasteiger partial charge in [0.25, 0.3) is 0 Å². The summed E-state index contributed by atoms with van der Waals surface area (Å²) < 4.78 is 10.6. The molecular formula is C17H34N4O3. The van der Waals surface area contributed by atoms with Gasteiger partial charge in [0.15, 0.2) is 5.96 Å². The lowest BCUT2D eigenvalue weighted by Gasteiger charge is -2.25. The quantitative estimate of drug-likeness (QED) is 0.589. The molecule has 7 heteroatoms. The maximum absolute atomic E-state index is 11.9. The minimum Gasteiger partial charge on any atom is -0.444 e. The molecular weight excluding hydrogens is 308 g/mol. The number of likely N-dealkylation sites (tertiary alicyclic amines) is 1. The smallest absolute Gasteiger partial charge is 0.410 e. The molecule has 0 aromatic rings. The van der Waals surface area contributed by atoms with Crippen molar-refractivity contribution in [3.8, 4) is 0 Å². The second-order valence-corrected chi connectivity index (χ2v) is 7.19. The van der Waals surface area contributed by atoms with Gasteiger partial charge in [-0.3, -0.25) is 4.99 Å². The fourth-order valence-corrected chi connectivity index (χ4v) is 2.56. The van der Waals surface area contributed by atoms with Crippen LogP contribution in [-0.2, 0) is 9.47 Å². The highest BCUT2D eigenvalue weighted by atomic mass is 16.6. The number of likely N-dealkylation sites (N-methyl/N-ethyl adjacent to an activating group) is 1. The van der Waals surface area contributed by atoms with Gasteiger partial charge in [-0.15, -0.1) is 0 Å². The van der Waals surface area contributed by atoms with Gasteiger partial charge in [-0.05, 0) is 34.1 Å². The Hall–Kier alpha value is -1.50. The van der Waals surface area contributed by atoms with Crippen LogP contribution in [0.4, 0.5) is 4.79 Å². The molecule has 0 aliphatic carbocycles. The van der Waals surface area contributed by atoms with E-state index < -0.39 is 5.60 Å². The van der Waals surface area contributed by atoms with Crippen LogP contribution in [0, 0.1) is 5.92 Å². The first kappa shape index (κ1) is 20.5. The van der Waals surface area contributed by atoms with Gasteiger partial charge in [-0.1, -0.05) is 0 Å². The van der Waals surface area contributed by atoms with Crippen molar-refractivity contribution in [1.29, 1.82) is 0 Å². The van der Waals surface area contributed by atoms with Gasteiger partial charge in [0.2, 0.25) is 0 Å². The predicted octanol–water partition coefficient (Wildman–Crippen LogP) is 1.79. The molecule has 0 saturated carbocycles. The summed E-state index contributed by atoms with van der Waals surface area (Å²) in [7, 11) is 3.48. The molecule has 1 amide bonds. The lowest BCUT2D eigenvalue weighted by atomic mass is 10.1.